The molecule has 0 aliphatic heterocycles. The second kappa shape index (κ2) is 4.26. The van der Waals surface area contributed by atoms with Crippen LogP contribution in [0.4, 0.5) is 0 Å². The lowest BCUT2D eigenvalue weighted by molar-refractivity contribution is 0.0881. The van der Waals surface area contributed by atoms with Crippen molar-refractivity contribution in [2.24, 2.45) is 0 Å². The molecule has 0 aliphatic rings. The van der Waals surface area contributed by atoms with E-state index in [0.29, 0.717) is 5.82 Å². The molecule has 1 aromatic rings. The van der Waals surface area contributed by atoms with Gasteiger partial charge in [-0.05, 0) is 13.8 Å². The molecule has 14 heavy (non-hydrogen) atoms. The number of carbonyl (C=O) groups is 1. The molecule has 5 nitrogen and oxygen atoms in total. The number of aliphatic hydroxyl groups is 2. The van der Waals surface area contributed by atoms with E-state index in [1.807, 2.05) is 0 Å². The quantitative estimate of drug-likeness (QED) is 0.665. The molecule has 0 aromatic carbocycles. The van der Waals surface area contributed by atoms with E-state index in [9.17, 15) is 9.90 Å². The smallest absolute Gasteiger partial charge is 0.163 e. The number of aromatic nitrogens is 2. The Morgan fingerprint density at radius 2 is 2.29 bits per heavy atom. The third-order valence-electron chi connectivity index (χ3n) is 1.81. The molecule has 1 unspecified atom stereocenters. The van der Waals surface area contributed by atoms with Gasteiger partial charge in [-0.1, -0.05) is 0 Å². The molecule has 0 aliphatic carbocycles. The monoisotopic (exact) mass is 196 g/mol. The van der Waals surface area contributed by atoms with Crippen LogP contribution in [0.1, 0.15) is 34.9 Å². The molecule has 2 N–H and O–H groups in total. The van der Waals surface area contributed by atoms with Gasteiger partial charge >= 0.3 is 0 Å². The Morgan fingerprint density at radius 3 is 2.79 bits per heavy atom. The molecule has 76 valence electrons. The summed E-state index contributed by atoms with van der Waals surface area (Å²) in [6.07, 6.45) is 0.231. The standard InChI is InChI=1S/C9H12N2O3/c1-5(13)7-3-10-6(2)11-9(7)8(14)4-12/h3,8,12,14H,4H2,1-2H3. The Labute approximate surface area is 81.4 Å². The van der Waals surface area contributed by atoms with Gasteiger partial charge in [-0.25, -0.2) is 9.97 Å². The second-order valence-corrected chi connectivity index (χ2v) is 2.97. The number of aliphatic hydroxyl groups excluding tert-OH is 2. The normalized spacial score (nSPS) is 12.6. The molecular weight excluding hydrogens is 184 g/mol. The van der Waals surface area contributed by atoms with Crippen molar-refractivity contribution in [3.63, 3.8) is 0 Å². The van der Waals surface area contributed by atoms with Crippen molar-refractivity contribution in [2.45, 2.75) is 20.0 Å². The molecule has 1 atom stereocenters. The van der Waals surface area contributed by atoms with Crippen LogP contribution in [0.15, 0.2) is 6.20 Å². The Bertz CT molecular complexity index is 352. The van der Waals surface area contributed by atoms with Gasteiger partial charge in [0, 0.05) is 6.20 Å². The maximum absolute atomic E-state index is 11.1. The summed E-state index contributed by atoms with van der Waals surface area (Å²) in [6.45, 7) is 2.55. The number of aryl methyl sites for hydroxylation is 1. The van der Waals surface area contributed by atoms with Gasteiger partial charge in [-0.2, -0.15) is 0 Å². The highest BCUT2D eigenvalue weighted by Gasteiger charge is 2.16. The van der Waals surface area contributed by atoms with Gasteiger partial charge in [-0.15, -0.1) is 0 Å². The minimum absolute atomic E-state index is 0.188. The van der Waals surface area contributed by atoms with Crippen LogP contribution in [-0.4, -0.2) is 32.6 Å². The highest BCUT2D eigenvalue weighted by atomic mass is 16.3. The zero-order chi connectivity index (χ0) is 10.7. The highest BCUT2D eigenvalue weighted by Crippen LogP contribution is 2.15. The van der Waals surface area contributed by atoms with Crippen LogP contribution in [0.2, 0.25) is 0 Å². The van der Waals surface area contributed by atoms with Crippen LogP contribution in [-0.2, 0) is 0 Å². The molecule has 1 heterocycles. The van der Waals surface area contributed by atoms with Crippen LogP contribution in [0, 0.1) is 6.92 Å². The average Bonchev–Trinajstić information content (AvgIpc) is 2.16. The fourth-order valence-electron chi connectivity index (χ4n) is 1.10. The summed E-state index contributed by atoms with van der Waals surface area (Å²) in [4.78, 5) is 18.9. The Kier molecular flexibility index (Phi) is 3.27. The molecular formula is C9H12N2O3. The Hall–Kier alpha value is -1.33. The number of nitrogens with zero attached hydrogens (tertiary/aromatic N) is 2. The molecule has 5 heteroatoms. The van der Waals surface area contributed by atoms with Crippen molar-refractivity contribution in [3.05, 3.63) is 23.3 Å². The molecule has 0 fully saturated rings. The number of carbonyl (C=O) groups excluding carboxylic acids is 1. The number of Topliss-reactive ketones (excluding diaryl/α,β-unsaturated/α-hetero) is 1. The van der Waals surface area contributed by atoms with E-state index < -0.39 is 12.7 Å². The van der Waals surface area contributed by atoms with Gasteiger partial charge < -0.3 is 10.2 Å². The summed E-state index contributed by atoms with van der Waals surface area (Å²) in [6, 6.07) is 0. The number of ketones is 1. The third-order valence-corrected chi connectivity index (χ3v) is 1.81. The zero-order valence-electron chi connectivity index (χ0n) is 8.06. The first-order chi connectivity index (χ1) is 6.56. The van der Waals surface area contributed by atoms with E-state index in [0.717, 1.165) is 0 Å². The largest absolute Gasteiger partial charge is 0.393 e. The van der Waals surface area contributed by atoms with Gasteiger partial charge in [-0.3, -0.25) is 4.79 Å². The molecule has 0 saturated carbocycles. The van der Waals surface area contributed by atoms with E-state index in [2.05, 4.69) is 9.97 Å². The maximum Gasteiger partial charge on any atom is 0.163 e. The second-order valence-electron chi connectivity index (χ2n) is 2.97. The molecule has 1 rings (SSSR count). The van der Waals surface area contributed by atoms with Gasteiger partial charge in [0.25, 0.3) is 0 Å². The lowest BCUT2D eigenvalue weighted by Gasteiger charge is -2.10. The van der Waals surface area contributed by atoms with E-state index in [1.165, 1.54) is 13.1 Å². The number of rotatable bonds is 3. The molecule has 0 bridgehead atoms. The van der Waals surface area contributed by atoms with E-state index in [1.54, 1.807) is 6.92 Å². The van der Waals surface area contributed by atoms with Crippen molar-refractivity contribution in [1.29, 1.82) is 0 Å². The summed E-state index contributed by atoms with van der Waals surface area (Å²) in [7, 11) is 0. The molecule has 0 radical (unpaired) electrons. The third kappa shape index (κ3) is 2.12. The SMILES string of the molecule is CC(=O)c1cnc(C)nc1C(O)CO. The highest BCUT2D eigenvalue weighted by molar-refractivity contribution is 5.94. The first-order valence-electron chi connectivity index (χ1n) is 4.19. The fraction of sp³-hybridized carbons (Fsp3) is 0.444. The Morgan fingerprint density at radius 1 is 1.64 bits per heavy atom. The summed E-state index contributed by atoms with van der Waals surface area (Å²) in [5.74, 6) is 0.227. The summed E-state index contributed by atoms with van der Waals surface area (Å²) in [5.41, 5.74) is 0.435. The predicted octanol–water partition coefficient (Wildman–Crippen LogP) is 0.0133. The van der Waals surface area contributed by atoms with Crippen LogP contribution >= 0.6 is 0 Å². The van der Waals surface area contributed by atoms with Crippen molar-refractivity contribution in [3.8, 4) is 0 Å². The summed E-state index contributed by atoms with van der Waals surface area (Å²) in [5, 5.41) is 18.2. The number of hydrogen-bond donors (Lipinski definition) is 2. The van der Waals surface area contributed by atoms with Crippen LogP contribution in [0.5, 0.6) is 0 Å². The topological polar surface area (TPSA) is 83.3 Å². The molecule has 1 aromatic heterocycles. The predicted molar refractivity (Wildman–Crippen MR) is 48.8 cm³/mol. The average molecular weight is 196 g/mol. The van der Waals surface area contributed by atoms with Gasteiger partial charge in [0.15, 0.2) is 5.78 Å². The van der Waals surface area contributed by atoms with Gasteiger partial charge in [0.05, 0.1) is 17.9 Å². The lowest BCUT2D eigenvalue weighted by Crippen LogP contribution is -2.13. The zero-order valence-corrected chi connectivity index (χ0v) is 8.06. The van der Waals surface area contributed by atoms with Gasteiger partial charge in [0.2, 0.25) is 0 Å². The fourth-order valence-corrected chi connectivity index (χ4v) is 1.10. The van der Waals surface area contributed by atoms with Crippen molar-refractivity contribution in [2.75, 3.05) is 6.61 Å². The van der Waals surface area contributed by atoms with E-state index in [-0.39, 0.29) is 17.0 Å². The molecule has 0 amide bonds. The first-order valence-corrected chi connectivity index (χ1v) is 4.19. The Balaban J connectivity index is 3.22. The minimum Gasteiger partial charge on any atom is -0.393 e. The summed E-state index contributed by atoms with van der Waals surface area (Å²) < 4.78 is 0. The molecule has 0 spiro atoms. The van der Waals surface area contributed by atoms with E-state index in [4.69, 9.17) is 5.11 Å². The van der Waals surface area contributed by atoms with Crippen LogP contribution in [0.3, 0.4) is 0 Å². The molecule has 0 saturated heterocycles. The van der Waals surface area contributed by atoms with Crippen LogP contribution < -0.4 is 0 Å². The van der Waals surface area contributed by atoms with Crippen molar-refractivity contribution in [1.82, 2.24) is 9.97 Å². The van der Waals surface area contributed by atoms with E-state index >= 15 is 0 Å². The van der Waals surface area contributed by atoms with Crippen LogP contribution in [0.25, 0.3) is 0 Å². The van der Waals surface area contributed by atoms with Crippen molar-refractivity contribution < 1.29 is 15.0 Å². The lowest BCUT2D eigenvalue weighted by atomic mass is 10.1. The number of hydrogen-bond acceptors (Lipinski definition) is 5. The van der Waals surface area contributed by atoms with Crippen molar-refractivity contribution >= 4 is 5.78 Å². The summed E-state index contributed by atoms with van der Waals surface area (Å²) >= 11 is 0. The first kappa shape index (κ1) is 10.7. The van der Waals surface area contributed by atoms with Gasteiger partial charge in [0.1, 0.15) is 11.9 Å². The minimum atomic E-state index is -1.13. The maximum atomic E-state index is 11.1.